The lowest BCUT2D eigenvalue weighted by molar-refractivity contribution is 0.162. The molecule has 0 unspecified atom stereocenters. The molecule has 0 saturated carbocycles. The zero-order chi connectivity index (χ0) is 14.2. The molecule has 3 heteroatoms. The SMILES string of the molecule is CCCCC[C@@H](c1ccc(SC)cc1)N1CCNCC1. The molecule has 112 valence electrons. The van der Waals surface area contributed by atoms with Crippen LogP contribution in [0.15, 0.2) is 29.2 Å². The molecule has 20 heavy (non-hydrogen) atoms. The molecule has 2 rings (SSSR count). The van der Waals surface area contributed by atoms with Gasteiger partial charge in [-0.2, -0.15) is 0 Å². The third-order valence-electron chi connectivity index (χ3n) is 4.17. The Hall–Kier alpha value is -0.510. The number of nitrogens with one attached hydrogen (secondary N) is 1. The topological polar surface area (TPSA) is 15.3 Å². The normalized spacial score (nSPS) is 18.1. The van der Waals surface area contributed by atoms with E-state index in [-0.39, 0.29) is 0 Å². The van der Waals surface area contributed by atoms with Crippen molar-refractivity contribution in [2.24, 2.45) is 0 Å². The van der Waals surface area contributed by atoms with Crippen LogP contribution in [0.5, 0.6) is 0 Å². The standard InChI is InChI=1S/C17H28N2S/c1-3-4-5-6-17(19-13-11-18-12-14-19)15-7-9-16(20-2)10-8-15/h7-10,17-18H,3-6,11-14H2,1-2H3/t17-/m0/s1. The molecule has 1 atom stereocenters. The molecule has 0 aromatic heterocycles. The number of nitrogens with zero attached hydrogens (tertiary/aromatic N) is 1. The number of thioether (sulfide) groups is 1. The summed E-state index contributed by atoms with van der Waals surface area (Å²) in [7, 11) is 0. The van der Waals surface area contributed by atoms with Crippen LogP contribution in [0, 0.1) is 0 Å². The van der Waals surface area contributed by atoms with Crippen LogP contribution >= 0.6 is 11.8 Å². The molecular formula is C17H28N2S. The largest absolute Gasteiger partial charge is 0.314 e. The number of hydrogen-bond acceptors (Lipinski definition) is 3. The van der Waals surface area contributed by atoms with E-state index in [0.717, 1.165) is 13.1 Å². The van der Waals surface area contributed by atoms with Crippen LogP contribution in [0.2, 0.25) is 0 Å². The molecule has 1 aliphatic heterocycles. The second-order valence-electron chi connectivity index (χ2n) is 5.57. The van der Waals surface area contributed by atoms with Crippen molar-refractivity contribution in [3.8, 4) is 0 Å². The summed E-state index contributed by atoms with van der Waals surface area (Å²) in [4.78, 5) is 4.03. The summed E-state index contributed by atoms with van der Waals surface area (Å²) in [5.41, 5.74) is 1.50. The second-order valence-corrected chi connectivity index (χ2v) is 6.45. The number of benzene rings is 1. The van der Waals surface area contributed by atoms with Gasteiger partial charge in [0.25, 0.3) is 0 Å². The number of rotatable bonds is 7. The quantitative estimate of drug-likeness (QED) is 0.605. The smallest absolute Gasteiger partial charge is 0.0349 e. The predicted molar refractivity (Wildman–Crippen MR) is 89.5 cm³/mol. The van der Waals surface area contributed by atoms with E-state index in [4.69, 9.17) is 0 Å². The summed E-state index contributed by atoms with van der Waals surface area (Å²) in [6.45, 7) is 6.91. The predicted octanol–water partition coefficient (Wildman–Crippen LogP) is 3.94. The molecule has 2 nitrogen and oxygen atoms in total. The molecule has 0 bridgehead atoms. The monoisotopic (exact) mass is 292 g/mol. The zero-order valence-corrected chi connectivity index (χ0v) is 13.7. The van der Waals surface area contributed by atoms with Crippen LogP contribution in [0.1, 0.15) is 44.2 Å². The van der Waals surface area contributed by atoms with Crippen LogP contribution < -0.4 is 5.32 Å². The van der Waals surface area contributed by atoms with E-state index in [0.29, 0.717) is 6.04 Å². The first-order valence-electron chi connectivity index (χ1n) is 7.94. The van der Waals surface area contributed by atoms with Crippen molar-refractivity contribution in [2.75, 3.05) is 32.4 Å². The van der Waals surface area contributed by atoms with Crippen molar-refractivity contribution in [1.29, 1.82) is 0 Å². The summed E-state index contributed by atoms with van der Waals surface area (Å²) in [6.07, 6.45) is 7.44. The summed E-state index contributed by atoms with van der Waals surface area (Å²) in [5.74, 6) is 0. The van der Waals surface area contributed by atoms with Gasteiger partial charge in [-0.05, 0) is 30.4 Å². The van der Waals surface area contributed by atoms with Crippen LogP contribution in [0.3, 0.4) is 0 Å². The lowest BCUT2D eigenvalue weighted by Crippen LogP contribution is -2.45. The molecule has 0 spiro atoms. The minimum Gasteiger partial charge on any atom is -0.314 e. The first-order chi connectivity index (χ1) is 9.85. The third-order valence-corrected chi connectivity index (χ3v) is 4.92. The lowest BCUT2D eigenvalue weighted by atomic mass is 9.98. The van der Waals surface area contributed by atoms with E-state index in [1.165, 1.54) is 49.2 Å². The maximum atomic E-state index is 3.46. The molecule has 1 aliphatic rings. The first-order valence-corrected chi connectivity index (χ1v) is 9.16. The highest BCUT2D eigenvalue weighted by Gasteiger charge is 2.21. The minimum atomic E-state index is 0.611. The molecule has 0 aliphatic carbocycles. The zero-order valence-electron chi connectivity index (χ0n) is 12.9. The molecule has 1 aromatic rings. The van der Waals surface area contributed by atoms with Crippen LogP contribution in [-0.4, -0.2) is 37.3 Å². The Labute approximate surface area is 128 Å². The lowest BCUT2D eigenvalue weighted by Gasteiger charge is -2.35. The maximum absolute atomic E-state index is 3.46. The van der Waals surface area contributed by atoms with Crippen LogP contribution in [0.4, 0.5) is 0 Å². The fourth-order valence-corrected chi connectivity index (χ4v) is 3.38. The highest BCUT2D eigenvalue weighted by atomic mass is 32.2. The molecular weight excluding hydrogens is 264 g/mol. The van der Waals surface area contributed by atoms with E-state index in [1.54, 1.807) is 0 Å². The van der Waals surface area contributed by atoms with Gasteiger partial charge in [0.1, 0.15) is 0 Å². The van der Waals surface area contributed by atoms with Gasteiger partial charge >= 0.3 is 0 Å². The van der Waals surface area contributed by atoms with E-state index in [2.05, 4.69) is 47.7 Å². The number of hydrogen-bond donors (Lipinski definition) is 1. The Bertz CT molecular complexity index is 371. The molecule has 0 amide bonds. The van der Waals surface area contributed by atoms with Gasteiger partial charge in [-0.25, -0.2) is 0 Å². The Morgan fingerprint density at radius 3 is 2.45 bits per heavy atom. The summed E-state index contributed by atoms with van der Waals surface area (Å²) >= 11 is 1.82. The van der Waals surface area contributed by atoms with E-state index < -0.39 is 0 Å². The van der Waals surface area contributed by atoms with Gasteiger partial charge < -0.3 is 5.32 Å². The molecule has 1 heterocycles. The summed E-state index contributed by atoms with van der Waals surface area (Å²) < 4.78 is 0. The van der Waals surface area contributed by atoms with E-state index in [1.807, 2.05) is 11.8 Å². The summed E-state index contributed by atoms with van der Waals surface area (Å²) in [6, 6.07) is 9.83. The van der Waals surface area contributed by atoms with Gasteiger partial charge in [0.05, 0.1) is 0 Å². The van der Waals surface area contributed by atoms with Crippen molar-refractivity contribution < 1.29 is 0 Å². The average Bonchev–Trinajstić information content (AvgIpc) is 2.53. The summed E-state index contributed by atoms with van der Waals surface area (Å²) in [5, 5.41) is 3.46. The van der Waals surface area contributed by atoms with Gasteiger partial charge in [0.2, 0.25) is 0 Å². The Kier molecular flexibility index (Phi) is 6.91. The van der Waals surface area contributed by atoms with Crippen molar-refractivity contribution in [3.63, 3.8) is 0 Å². The average molecular weight is 292 g/mol. The fourth-order valence-electron chi connectivity index (χ4n) is 2.97. The third kappa shape index (κ3) is 4.51. The minimum absolute atomic E-state index is 0.611. The van der Waals surface area contributed by atoms with Crippen LogP contribution in [0.25, 0.3) is 0 Å². The fraction of sp³-hybridized carbons (Fsp3) is 0.647. The molecule has 1 fully saturated rings. The number of unbranched alkanes of at least 4 members (excludes halogenated alkanes) is 2. The van der Waals surface area contributed by atoms with Crippen molar-refractivity contribution in [3.05, 3.63) is 29.8 Å². The Balaban J connectivity index is 2.06. The second kappa shape index (κ2) is 8.71. The highest BCUT2D eigenvalue weighted by Crippen LogP contribution is 2.28. The van der Waals surface area contributed by atoms with Gasteiger partial charge in [0, 0.05) is 37.1 Å². The Morgan fingerprint density at radius 1 is 1.15 bits per heavy atom. The van der Waals surface area contributed by atoms with Crippen LogP contribution in [-0.2, 0) is 0 Å². The van der Waals surface area contributed by atoms with Gasteiger partial charge in [-0.1, -0.05) is 38.3 Å². The molecule has 1 aromatic carbocycles. The van der Waals surface area contributed by atoms with Crippen molar-refractivity contribution >= 4 is 11.8 Å². The first kappa shape index (κ1) is 15.9. The molecule has 1 N–H and O–H groups in total. The van der Waals surface area contributed by atoms with Gasteiger partial charge in [0.15, 0.2) is 0 Å². The molecule has 1 saturated heterocycles. The van der Waals surface area contributed by atoms with Crippen molar-refractivity contribution in [2.45, 2.75) is 43.5 Å². The van der Waals surface area contributed by atoms with E-state index in [9.17, 15) is 0 Å². The van der Waals surface area contributed by atoms with Gasteiger partial charge in [-0.3, -0.25) is 4.90 Å². The molecule has 0 radical (unpaired) electrons. The van der Waals surface area contributed by atoms with E-state index >= 15 is 0 Å². The number of piperazine rings is 1. The van der Waals surface area contributed by atoms with Gasteiger partial charge in [-0.15, -0.1) is 11.8 Å². The van der Waals surface area contributed by atoms with Crippen molar-refractivity contribution in [1.82, 2.24) is 10.2 Å². The Morgan fingerprint density at radius 2 is 1.85 bits per heavy atom. The maximum Gasteiger partial charge on any atom is 0.0349 e. The highest BCUT2D eigenvalue weighted by molar-refractivity contribution is 7.98.